The molecule has 1 fully saturated rings. The molecular formula is C15H17N5O2S. The van der Waals surface area contributed by atoms with Crippen molar-refractivity contribution in [2.45, 2.75) is 5.16 Å². The number of aromatic nitrogens is 3. The van der Waals surface area contributed by atoms with Gasteiger partial charge >= 0.3 is 0 Å². The highest BCUT2D eigenvalue weighted by Gasteiger charge is 2.18. The van der Waals surface area contributed by atoms with Gasteiger partial charge in [0, 0.05) is 24.3 Å². The van der Waals surface area contributed by atoms with E-state index in [1.165, 1.54) is 11.8 Å². The van der Waals surface area contributed by atoms with Crippen LogP contribution >= 0.6 is 11.8 Å². The maximum Gasteiger partial charge on any atom is 0.254 e. The van der Waals surface area contributed by atoms with Crippen molar-refractivity contribution >= 4 is 29.2 Å². The Kier molecular flexibility index (Phi) is 5.04. The van der Waals surface area contributed by atoms with Crippen molar-refractivity contribution in [2.24, 2.45) is 0 Å². The standard InChI is InChI=1S/C15H17N5O2S/c1-23-15-18-13(10-16-19-15)17-12-4-2-11(3-5-12)14(21)20-6-8-22-9-7-20/h2-5,10H,6-9H2,1H3,(H,17,18,19). The van der Waals surface area contributed by atoms with Gasteiger partial charge in [-0.2, -0.15) is 5.10 Å². The monoisotopic (exact) mass is 331 g/mol. The van der Waals surface area contributed by atoms with Crippen LogP contribution in [-0.2, 0) is 4.74 Å². The molecule has 8 heteroatoms. The lowest BCUT2D eigenvalue weighted by Gasteiger charge is -2.26. The fraction of sp³-hybridized carbons (Fsp3) is 0.333. The molecule has 1 aliphatic heterocycles. The van der Waals surface area contributed by atoms with Gasteiger partial charge in [0.2, 0.25) is 5.16 Å². The third-order valence-electron chi connectivity index (χ3n) is 3.42. The molecule has 1 aromatic carbocycles. The first-order chi connectivity index (χ1) is 11.3. The second kappa shape index (κ2) is 7.38. The Bertz CT molecular complexity index is 674. The molecule has 0 saturated carbocycles. The number of hydrogen-bond donors (Lipinski definition) is 1. The molecule has 0 aliphatic carbocycles. The highest BCUT2D eigenvalue weighted by atomic mass is 32.2. The minimum atomic E-state index is 0.0354. The van der Waals surface area contributed by atoms with Crippen LogP contribution in [-0.4, -0.2) is 58.5 Å². The number of ether oxygens (including phenoxy) is 1. The van der Waals surface area contributed by atoms with Gasteiger partial charge in [-0.1, -0.05) is 11.8 Å². The van der Waals surface area contributed by atoms with Crippen molar-refractivity contribution in [3.63, 3.8) is 0 Å². The van der Waals surface area contributed by atoms with Crippen molar-refractivity contribution in [1.82, 2.24) is 20.1 Å². The number of nitrogens with zero attached hydrogens (tertiary/aromatic N) is 4. The quantitative estimate of drug-likeness (QED) is 0.856. The van der Waals surface area contributed by atoms with E-state index in [0.717, 1.165) is 5.69 Å². The molecule has 1 aliphatic rings. The van der Waals surface area contributed by atoms with Gasteiger partial charge in [0.1, 0.15) is 0 Å². The SMILES string of the molecule is CSc1nncc(Nc2ccc(C(=O)N3CCOCC3)cc2)n1. The molecule has 7 nitrogen and oxygen atoms in total. The number of nitrogens with one attached hydrogen (secondary N) is 1. The number of thioether (sulfide) groups is 1. The van der Waals surface area contributed by atoms with E-state index in [2.05, 4.69) is 20.5 Å². The van der Waals surface area contributed by atoms with Gasteiger partial charge < -0.3 is 15.0 Å². The molecule has 1 N–H and O–H groups in total. The molecular weight excluding hydrogens is 314 g/mol. The number of anilines is 2. The van der Waals surface area contributed by atoms with E-state index in [1.807, 2.05) is 35.4 Å². The molecule has 2 aromatic rings. The summed E-state index contributed by atoms with van der Waals surface area (Å²) in [6.07, 6.45) is 3.46. The van der Waals surface area contributed by atoms with E-state index in [4.69, 9.17) is 4.74 Å². The first kappa shape index (κ1) is 15.7. The first-order valence-corrected chi connectivity index (χ1v) is 8.46. The topological polar surface area (TPSA) is 80.2 Å². The molecule has 1 saturated heterocycles. The third-order valence-corrected chi connectivity index (χ3v) is 3.96. The van der Waals surface area contributed by atoms with E-state index in [1.54, 1.807) is 6.20 Å². The number of benzene rings is 1. The zero-order chi connectivity index (χ0) is 16.1. The second-order valence-electron chi connectivity index (χ2n) is 4.94. The van der Waals surface area contributed by atoms with Crippen molar-refractivity contribution in [3.05, 3.63) is 36.0 Å². The van der Waals surface area contributed by atoms with Crippen molar-refractivity contribution in [1.29, 1.82) is 0 Å². The molecule has 0 radical (unpaired) electrons. The smallest absolute Gasteiger partial charge is 0.254 e. The summed E-state index contributed by atoms with van der Waals surface area (Å²) < 4.78 is 5.27. The lowest BCUT2D eigenvalue weighted by molar-refractivity contribution is 0.0303. The Hall–Kier alpha value is -2.19. The summed E-state index contributed by atoms with van der Waals surface area (Å²) in [7, 11) is 0. The van der Waals surface area contributed by atoms with Crippen molar-refractivity contribution < 1.29 is 9.53 Å². The van der Waals surface area contributed by atoms with Crippen LogP contribution in [0.25, 0.3) is 0 Å². The number of morpholine rings is 1. The Morgan fingerprint density at radius 2 is 2.00 bits per heavy atom. The summed E-state index contributed by atoms with van der Waals surface area (Å²) in [6, 6.07) is 7.33. The van der Waals surface area contributed by atoms with E-state index >= 15 is 0 Å². The summed E-state index contributed by atoms with van der Waals surface area (Å²) >= 11 is 1.43. The van der Waals surface area contributed by atoms with Crippen molar-refractivity contribution in [2.75, 3.05) is 37.9 Å². The molecule has 23 heavy (non-hydrogen) atoms. The van der Waals surface area contributed by atoms with Crippen LogP contribution in [0.2, 0.25) is 0 Å². The fourth-order valence-corrected chi connectivity index (χ4v) is 2.55. The molecule has 0 bridgehead atoms. The van der Waals surface area contributed by atoms with Gasteiger partial charge in [0.25, 0.3) is 5.91 Å². The predicted octanol–water partition coefficient (Wildman–Crippen LogP) is 1.81. The summed E-state index contributed by atoms with van der Waals surface area (Å²) in [4.78, 5) is 18.5. The summed E-state index contributed by atoms with van der Waals surface area (Å²) in [5.74, 6) is 0.657. The van der Waals surface area contributed by atoms with Crippen LogP contribution in [0.5, 0.6) is 0 Å². The van der Waals surface area contributed by atoms with Gasteiger partial charge in [-0.15, -0.1) is 5.10 Å². The van der Waals surface area contributed by atoms with E-state index in [9.17, 15) is 4.79 Å². The number of carbonyl (C=O) groups excluding carboxylic acids is 1. The lowest BCUT2D eigenvalue weighted by atomic mass is 10.1. The van der Waals surface area contributed by atoms with Crippen LogP contribution in [0.1, 0.15) is 10.4 Å². The lowest BCUT2D eigenvalue weighted by Crippen LogP contribution is -2.40. The van der Waals surface area contributed by atoms with Crippen molar-refractivity contribution in [3.8, 4) is 0 Å². The Morgan fingerprint density at radius 1 is 1.26 bits per heavy atom. The van der Waals surface area contributed by atoms with E-state index in [0.29, 0.717) is 42.8 Å². The number of carbonyl (C=O) groups is 1. The summed E-state index contributed by atoms with van der Waals surface area (Å²) in [6.45, 7) is 2.49. The van der Waals surface area contributed by atoms with Crippen LogP contribution in [0.15, 0.2) is 35.6 Å². The molecule has 0 spiro atoms. The van der Waals surface area contributed by atoms with Gasteiger partial charge in [0.15, 0.2) is 5.82 Å². The highest BCUT2D eigenvalue weighted by Crippen LogP contribution is 2.17. The minimum absolute atomic E-state index is 0.0354. The third kappa shape index (κ3) is 3.96. The Labute approximate surface area is 138 Å². The largest absolute Gasteiger partial charge is 0.378 e. The van der Waals surface area contributed by atoms with Crippen LogP contribution < -0.4 is 5.32 Å². The summed E-state index contributed by atoms with van der Waals surface area (Å²) in [5.41, 5.74) is 1.51. The highest BCUT2D eigenvalue weighted by molar-refractivity contribution is 7.98. The predicted molar refractivity (Wildman–Crippen MR) is 88.1 cm³/mol. The number of rotatable bonds is 4. The molecule has 1 aromatic heterocycles. The maximum atomic E-state index is 12.4. The zero-order valence-electron chi connectivity index (χ0n) is 12.7. The van der Waals surface area contributed by atoms with Gasteiger partial charge in [-0.05, 0) is 30.5 Å². The second-order valence-corrected chi connectivity index (χ2v) is 5.71. The maximum absolute atomic E-state index is 12.4. The Morgan fingerprint density at radius 3 is 2.70 bits per heavy atom. The van der Waals surface area contributed by atoms with Gasteiger partial charge in [-0.3, -0.25) is 4.79 Å². The number of amides is 1. The molecule has 1 amide bonds. The van der Waals surface area contributed by atoms with Gasteiger partial charge in [0.05, 0.1) is 19.4 Å². The number of hydrogen-bond acceptors (Lipinski definition) is 7. The van der Waals surface area contributed by atoms with Crippen LogP contribution in [0.4, 0.5) is 11.5 Å². The zero-order valence-corrected chi connectivity index (χ0v) is 13.5. The average molecular weight is 331 g/mol. The average Bonchev–Trinajstić information content (AvgIpc) is 2.63. The fourth-order valence-electron chi connectivity index (χ4n) is 2.23. The van der Waals surface area contributed by atoms with Gasteiger partial charge in [-0.25, -0.2) is 4.98 Å². The molecule has 0 unspecified atom stereocenters. The first-order valence-electron chi connectivity index (χ1n) is 7.24. The van der Waals surface area contributed by atoms with Crippen LogP contribution in [0.3, 0.4) is 0 Å². The van der Waals surface area contributed by atoms with E-state index < -0.39 is 0 Å². The molecule has 0 atom stereocenters. The molecule has 3 rings (SSSR count). The normalized spacial score (nSPS) is 14.6. The minimum Gasteiger partial charge on any atom is -0.378 e. The van der Waals surface area contributed by atoms with E-state index in [-0.39, 0.29) is 5.91 Å². The Balaban J connectivity index is 1.67. The van der Waals surface area contributed by atoms with Crippen LogP contribution in [0, 0.1) is 0 Å². The molecule has 2 heterocycles. The molecule has 120 valence electrons. The summed E-state index contributed by atoms with van der Waals surface area (Å²) in [5, 5.41) is 11.5.